The number of hydrogen-bond acceptors (Lipinski definition) is 1. The van der Waals surface area contributed by atoms with E-state index in [-0.39, 0.29) is 17.3 Å². The second-order valence-corrected chi connectivity index (χ2v) is 5.54. The number of hydrogen-bond donors (Lipinski definition) is 1. The van der Waals surface area contributed by atoms with Gasteiger partial charge >= 0.3 is 6.18 Å². The zero-order chi connectivity index (χ0) is 14.4. The Hall–Kier alpha value is -1.78. The molecule has 19 heavy (non-hydrogen) atoms. The quantitative estimate of drug-likeness (QED) is 0.769. The average molecular weight is 269 g/mol. The van der Waals surface area contributed by atoms with Crippen LogP contribution in [-0.4, -0.2) is 11.3 Å². The third kappa shape index (κ3) is 2.37. The first-order chi connectivity index (χ1) is 8.64. The Kier molecular flexibility index (Phi) is 2.96. The topological polar surface area (TPSA) is 32.9 Å². The summed E-state index contributed by atoms with van der Waals surface area (Å²) < 4.78 is 38.5. The Morgan fingerprint density at radius 2 is 1.79 bits per heavy atom. The smallest absolute Gasteiger partial charge is 0.350 e. The summed E-state index contributed by atoms with van der Waals surface area (Å²) in [5.41, 5.74) is -0.292. The second-order valence-electron chi connectivity index (χ2n) is 5.54. The van der Waals surface area contributed by atoms with E-state index in [1.54, 1.807) is 18.2 Å². The number of aromatic amines is 1. The van der Waals surface area contributed by atoms with Crippen LogP contribution in [-0.2, 0) is 11.6 Å². The van der Waals surface area contributed by atoms with Crippen molar-refractivity contribution < 1.29 is 18.0 Å². The van der Waals surface area contributed by atoms with E-state index in [2.05, 4.69) is 4.98 Å². The van der Waals surface area contributed by atoms with Crippen molar-refractivity contribution in [3.63, 3.8) is 0 Å². The van der Waals surface area contributed by atoms with E-state index in [1.807, 2.05) is 20.8 Å². The van der Waals surface area contributed by atoms with Crippen molar-refractivity contribution in [1.29, 1.82) is 0 Å². The molecule has 0 atom stereocenters. The summed E-state index contributed by atoms with van der Waals surface area (Å²) in [6.07, 6.45) is -4.30. The fourth-order valence-corrected chi connectivity index (χ4v) is 2.03. The van der Waals surface area contributed by atoms with E-state index >= 15 is 0 Å². The minimum atomic E-state index is -4.56. The van der Waals surface area contributed by atoms with Crippen molar-refractivity contribution >= 4 is 17.2 Å². The van der Waals surface area contributed by atoms with Crippen molar-refractivity contribution in [2.24, 2.45) is 0 Å². The van der Waals surface area contributed by atoms with Gasteiger partial charge in [-0.05, 0) is 23.1 Å². The maximum Gasteiger partial charge on any atom is 0.431 e. The van der Waals surface area contributed by atoms with Crippen molar-refractivity contribution in [2.45, 2.75) is 32.4 Å². The third-order valence-corrected chi connectivity index (χ3v) is 3.11. The predicted octanol–water partition coefficient (Wildman–Crippen LogP) is 4.30. The van der Waals surface area contributed by atoms with Crippen LogP contribution >= 0.6 is 0 Å². The molecule has 0 radical (unpaired) electrons. The molecule has 0 aliphatic carbocycles. The Balaban J connectivity index is 2.76. The van der Waals surface area contributed by atoms with Gasteiger partial charge in [0.25, 0.3) is 0 Å². The molecule has 1 aromatic carbocycles. The lowest BCUT2D eigenvalue weighted by Crippen LogP contribution is -2.10. The SMILES string of the molecule is CC(C)(C)c1ccc2[nH]c(C(F)(F)F)c(C=O)c2c1. The van der Waals surface area contributed by atoms with Gasteiger partial charge in [-0.25, -0.2) is 0 Å². The molecule has 0 aliphatic rings. The largest absolute Gasteiger partial charge is 0.431 e. The fraction of sp³-hybridized carbons (Fsp3) is 0.357. The number of aldehydes is 1. The van der Waals surface area contributed by atoms with Crippen LogP contribution in [0.3, 0.4) is 0 Å². The summed E-state index contributed by atoms with van der Waals surface area (Å²) in [5.74, 6) is 0. The average Bonchev–Trinajstić information content (AvgIpc) is 2.64. The standard InChI is InChI=1S/C14H14F3NO/c1-13(2,3)8-4-5-11-9(6-8)10(7-19)12(18-11)14(15,16)17/h4-7,18H,1-3H3. The lowest BCUT2D eigenvalue weighted by Gasteiger charge is -2.18. The highest BCUT2D eigenvalue weighted by Crippen LogP contribution is 2.36. The molecule has 2 rings (SSSR count). The van der Waals surface area contributed by atoms with Crippen molar-refractivity contribution in [2.75, 3.05) is 0 Å². The molecule has 0 fully saturated rings. The molecule has 0 saturated carbocycles. The van der Waals surface area contributed by atoms with Gasteiger partial charge in [-0.2, -0.15) is 13.2 Å². The normalized spacial score (nSPS) is 12.9. The van der Waals surface area contributed by atoms with Crippen molar-refractivity contribution in [3.05, 3.63) is 35.0 Å². The molecule has 0 amide bonds. The Morgan fingerprint density at radius 3 is 2.26 bits per heavy atom. The molecule has 5 heteroatoms. The molecular weight excluding hydrogens is 255 g/mol. The molecule has 0 unspecified atom stereocenters. The van der Waals surface area contributed by atoms with Gasteiger partial charge in [0.15, 0.2) is 6.29 Å². The maximum atomic E-state index is 12.8. The predicted molar refractivity (Wildman–Crippen MR) is 67.4 cm³/mol. The molecule has 0 saturated heterocycles. The first-order valence-corrected chi connectivity index (χ1v) is 5.83. The van der Waals surface area contributed by atoms with E-state index in [1.165, 1.54) is 0 Å². The minimum Gasteiger partial charge on any atom is -0.350 e. The Morgan fingerprint density at radius 1 is 1.16 bits per heavy atom. The summed E-state index contributed by atoms with van der Waals surface area (Å²) in [7, 11) is 0. The van der Waals surface area contributed by atoms with E-state index < -0.39 is 11.9 Å². The van der Waals surface area contributed by atoms with Crippen LogP contribution in [0.2, 0.25) is 0 Å². The van der Waals surface area contributed by atoms with Crippen molar-refractivity contribution in [3.8, 4) is 0 Å². The van der Waals surface area contributed by atoms with Gasteiger partial charge in [0.1, 0.15) is 5.69 Å². The maximum absolute atomic E-state index is 12.8. The lowest BCUT2D eigenvalue weighted by atomic mass is 9.86. The highest BCUT2D eigenvalue weighted by molar-refractivity contribution is 5.99. The lowest BCUT2D eigenvalue weighted by molar-refractivity contribution is -0.140. The summed E-state index contributed by atoms with van der Waals surface area (Å²) in [4.78, 5) is 13.3. The molecule has 2 aromatic rings. The highest BCUT2D eigenvalue weighted by Gasteiger charge is 2.36. The van der Waals surface area contributed by atoms with Gasteiger partial charge < -0.3 is 4.98 Å². The molecule has 1 heterocycles. The van der Waals surface area contributed by atoms with Crippen LogP contribution in [0, 0.1) is 0 Å². The molecular formula is C14H14F3NO. The first-order valence-electron chi connectivity index (χ1n) is 5.83. The molecule has 102 valence electrons. The van der Waals surface area contributed by atoms with Crippen LogP contribution < -0.4 is 0 Å². The van der Waals surface area contributed by atoms with E-state index in [9.17, 15) is 18.0 Å². The van der Waals surface area contributed by atoms with Crippen LogP contribution in [0.15, 0.2) is 18.2 Å². The Bertz CT molecular complexity index is 632. The summed E-state index contributed by atoms with van der Waals surface area (Å²) in [6, 6.07) is 5.00. The fourth-order valence-electron chi connectivity index (χ4n) is 2.03. The summed E-state index contributed by atoms with van der Waals surface area (Å²) in [5, 5.41) is 0.315. The van der Waals surface area contributed by atoms with Gasteiger partial charge in [-0.1, -0.05) is 26.8 Å². The molecule has 1 N–H and O–H groups in total. The van der Waals surface area contributed by atoms with E-state index in [0.717, 1.165) is 5.56 Å². The zero-order valence-corrected chi connectivity index (χ0v) is 10.9. The number of halogens is 3. The summed E-state index contributed by atoms with van der Waals surface area (Å²) >= 11 is 0. The third-order valence-electron chi connectivity index (χ3n) is 3.11. The number of alkyl halides is 3. The van der Waals surface area contributed by atoms with E-state index in [0.29, 0.717) is 10.9 Å². The number of carbonyl (C=O) groups excluding carboxylic acids is 1. The second kappa shape index (κ2) is 4.11. The van der Waals surface area contributed by atoms with Gasteiger partial charge in [0, 0.05) is 10.9 Å². The van der Waals surface area contributed by atoms with Gasteiger partial charge in [-0.15, -0.1) is 0 Å². The molecule has 0 aliphatic heterocycles. The first kappa shape index (κ1) is 13.6. The highest BCUT2D eigenvalue weighted by atomic mass is 19.4. The number of H-pyrrole nitrogens is 1. The number of benzene rings is 1. The number of nitrogens with one attached hydrogen (secondary N) is 1. The van der Waals surface area contributed by atoms with Crippen molar-refractivity contribution in [1.82, 2.24) is 4.98 Å². The minimum absolute atomic E-state index is 0.190. The molecule has 1 aromatic heterocycles. The van der Waals surface area contributed by atoms with Crippen LogP contribution in [0.4, 0.5) is 13.2 Å². The van der Waals surface area contributed by atoms with Gasteiger partial charge in [0.2, 0.25) is 0 Å². The van der Waals surface area contributed by atoms with Crippen LogP contribution in [0.5, 0.6) is 0 Å². The van der Waals surface area contributed by atoms with E-state index in [4.69, 9.17) is 0 Å². The molecule has 0 spiro atoms. The monoisotopic (exact) mass is 269 g/mol. The number of fused-ring (bicyclic) bond motifs is 1. The van der Waals surface area contributed by atoms with Gasteiger partial charge in [0.05, 0.1) is 5.56 Å². The zero-order valence-electron chi connectivity index (χ0n) is 10.9. The molecule has 0 bridgehead atoms. The number of rotatable bonds is 1. The van der Waals surface area contributed by atoms with Crippen LogP contribution in [0.25, 0.3) is 10.9 Å². The van der Waals surface area contributed by atoms with Crippen LogP contribution in [0.1, 0.15) is 42.4 Å². The number of carbonyl (C=O) groups is 1. The Labute approximate surface area is 108 Å². The molecule has 2 nitrogen and oxygen atoms in total. The number of aromatic nitrogens is 1. The van der Waals surface area contributed by atoms with Gasteiger partial charge in [-0.3, -0.25) is 4.79 Å². The summed E-state index contributed by atoms with van der Waals surface area (Å²) in [6.45, 7) is 5.89.